The van der Waals surface area contributed by atoms with Crippen LogP contribution in [0.15, 0.2) is 46.9 Å². The second-order valence-corrected chi connectivity index (χ2v) is 5.25. The van der Waals surface area contributed by atoms with E-state index in [0.29, 0.717) is 25.3 Å². The molecule has 0 radical (unpaired) electrons. The molecule has 5 nitrogen and oxygen atoms in total. The molecule has 0 amide bonds. The zero-order chi connectivity index (χ0) is 16.5. The Bertz CT molecular complexity index is 658. The Morgan fingerprint density at radius 1 is 1.17 bits per heavy atom. The quantitative estimate of drug-likeness (QED) is 0.700. The van der Waals surface area contributed by atoms with Gasteiger partial charge >= 0.3 is 5.97 Å². The Kier molecular flexibility index (Phi) is 6.40. The van der Waals surface area contributed by atoms with E-state index in [1.807, 2.05) is 30.3 Å². The van der Waals surface area contributed by atoms with Crippen molar-refractivity contribution < 1.29 is 13.9 Å². The van der Waals surface area contributed by atoms with E-state index >= 15 is 0 Å². The summed E-state index contributed by atoms with van der Waals surface area (Å²) in [5, 5.41) is 8.82. The maximum Gasteiger partial charge on any atom is 0.303 e. The molecule has 0 atom stereocenters. The summed E-state index contributed by atoms with van der Waals surface area (Å²) < 4.78 is 10.6. The molecule has 1 heterocycles. The molecular weight excluding hydrogens is 292 g/mol. The van der Waals surface area contributed by atoms with Crippen molar-refractivity contribution in [2.75, 3.05) is 6.54 Å². The maximum atomic E-state index is 10.8. The van der Waals surface area contributed by atoms with Gasteiger partial charge in [-0.05, 0) is 17.7 Å². The predicted molar refractivity (Wildman–Crippen MR) is 85.0 cm³/mol. The van der Waals surface area contributed by atoms with E-state index in [4.69, 9.17) is 14.4 Å². The summed E-state index contributed by atoms with van der Waals surface area (Å²) in [5.74, 6) is 1.08. The van der Waals surface area contributed by atoms with Crippen LogP contribution in [0.25, 0.3) is 0 Å². The zero-order valence-corrected chi connectivity index (χ0v) is 13.2. The van der Waals surface area contributed by atoms with Crippen molar-refractivity contribution in [3.63, 3.8) is 0 Å². The molecule has 0 aliphatic heterocycles. The lowest BCUT2D eigenvalue weighted by Crippen LogP contribution is -2.23. The molecule has 0 aliphatic carbocycles. The van der Waals surface area contributed by atoms with Crippen LogP contribution >= 0.6 is 0 Å². The highest BCUT2D eigenvalue weighted by atomic mass is 16.5. The van der Waals surface area contributed by atoms with Gasteiger partial charge in [-0.2, -0.15) is 5.26 Å². The SMILES string of the molecule is CC(=O)OCc1ccc(CN(CCC#N)Cc2ccccc2)o1. The van der Waals surface area contributed by atoms with Gasteiger partial charge in [0, 0.05) is 26.4 Å². The number of carbonyl (C=O) groups is 1. The van der Waals surface area contributed by atoms with Gasteiger partial charge in [-0.25, -0.2) is 0 Å². The summed E-state index contributed by atoms with van der Waals surface area (Å²) >= 11 is 0. The number of benzene rings is 1. The van der Waals surface area contributed by atoms with Crippen LogP contribution in [0.4, 0.5) is 0 Å². The molecular formula is C18H20N2O3. The van der Waals surface area contributed by atoms with Crippen LogP contribution in [0.2, 0.25) is 0 Å². The third kappa shape index (κ3) is 5.97. The average molecular weight is 312 g/mol. The van der Waals surface area contributed by atoms with Crippen molar-refractivity contribution in [3.05, 3.63) is 59.5 Å². The highest BCUT2D eigenvalue weighted by Gasteiger charge is 2.10. The second-order valence-electron chi connectivity index (χ2n) is 5.25. The first-order valence-electron chi connectivity index (χ1n) is 7.51. The number of carbonyl (C=O) groups excluding carboxylic acids is 1. The molecule has 120 valence electrons. The smallest absolute Gasteiger partial charge is 0.303 e. The van der Waals surface area contributed by atoms with Crippen LogP contribution in [-0.4, -0.2) is 17.4 Å². The lowest BCUT2D eigenvalue weighted by Gasteiger charge is -2.20. The summed E-state index contributed by atoms with van der Waals surface area (Å²) in [6.07, 6.45) is 0.466. The first-order valence-corrected chi connectivity index (χ1v) is 7.51. The summed E-state index contributed by atoms with van der Waals surface area (Å²) in [6.45, 7) is 3.55. The minimum Gasteiger partial charge on any atom is -0.461 e. The van der Waals surface area contributed by atoms with E-state index in [9.17, 15) is 4.79 Å². The van der Waals surface area contributed by atoms with Crippen LogP contribution in [0, 0.1) is 11.3 Å². The van der Waals surface area contributed by atoms with Gasteiger partial charge in [0.1, 0.15) is 18.1 Å². The van der Waals surface area contributed by atoms with Gasteiger partial charge in [-0.3, -0.25) is 9.69 Å². The number of nitriles is 1. The Balaban J connectivity index is 1.97. The first kappa shape index (κ1) is 16.8. The topological polar surface area (TPSA) is 66.5 Å². The molecule has 0 unspecified atom stereocenters. The monoisotopic (exact) mass is 312 g/mol. The first-order chi connectivity index (χ1) is 11.2. The van der Waals surface area contributed by atoms with Gasteiger partial charge in [0.2, 0.25) is 0 Å². The summed E-state index contributed by atoms with van der Waals surface area (Å²) in [6, 6.07) is 16.0. The van der Waals surface area contributed by atoms with Gasteiger partial charge in [0.25, 0.3) is 0 Å². The zero-order valence-electron chi connectivity index (χ0n) is 13.2. The molecule has 0 aliphatic rings. The van der Waals surface area contributed by atoms with Crippen molar-refractivity contribution >= 4 is 5.97 Å². The van der Waals surface area contributed by atoms with E-state index < -0.39 is 0 Å². The van der Waals surface area contributed by atoms with E-state index in [1.54, 1.807) is 0 Å². The molecule has 23 heavy (non-hydrogen) atoms. The molecule has 0 fully saturated rings. The molecule has 0 saturated heterocycles. The Labute approximate surface area is 136 Å². The molecule has 5 heteroatoms. The standard InChI is InChI=1S/C18H20N2O3/c1-15(21)22-14-18-9-8-17(23-18)13-20(11-5-10-19)12-16-6-3-2-4-7-16/h2-4,6-9H,5,11-14H2,1H3. The van der Waals surface area contributed by atoms with Gasteiger partial charge in [-0.1, -0.05) is 30.3 Å². The molecule has 0 bridgehead atoms. The third-order valence-electron chi connectivity index (χ3n) is 3.30. The normalized spacial score (nSPS) is 10.5. The third-order valence-corrected chi connectivity index (χ3v) is 3.30. The molecule has 0 N–H and O–H groups in total. The minimum absolute atomic E-state index is 0.145. The van der Waals surface area contributed by atoms with Gasteiger partial charge < -0.3 is 9.15 Å². The number of ether oxygens (including phenoxy) is 1. The lowest BCUT2D eigenvalue weighted by molar-refractivity contribution is -0.142. The highest BCUT2D eigenvalue weighted by Crippen LogP contribution is 2.14. The van der Waals surface area contributed by atoms with E-state index in [1.165, 1.54) is 12.5 Å². The molecule has 1 aromatic heterocycles. The molecule has 0 spiro atoms. The van der Waals surface area contributed by atoms with Gasteiger partial charge in [0.05, 0.1) is 12.6 Å². The van der Waals surface area contributed by atoms with E-state index in [0.717, 1.165) is 12.3 Å². The van der Waals surface area contributed by atoms with Crippen LogP contribution in [0.3, 0.4) is 0 Å². The summed E-state index contributed by atoms with van der Waals surface area (Å²) in [7, 11) is 0. The van der Waals surface area contributed by atoms with Crippen molar-refractivity contribution in [3.8, 4) is 6.07 Å². The molecule has 2 rings (SSSR count). The number of rotatable bonds is 8. The van der Waals surface area contributed by atoms with E-state index in [-0.39, 0.29) is 12.6 Å². The fraction of sp³-hybridized carbons (Fsp3) is 0.333. The minimum atomic E-state index is -0.331. The van der Waals surface area contributed by atoms with Crippen LogP contribution in [0.1, 0.15) is 30.4 Å². The predicted octanol–water partition coefficient (Wildman–Crippen LogP) is 3.26. The summed E-state index contributed by atoms with van der Waals surface area (Å²) in [5.41, 5.74) is 1.19. The number of nitrogens with zero attached hydrogens (tertiary/aromatic N) is 2. The lowest BCUT2D eigenvalue weighted by atomic mass is 10.2. The number of hydrogen-bond acceptors (Lipinski definition) is 5. The molecule has 0 saturated carbocycles. The number of esters is 1. The Hall–Kier alpha value is -2.58. The van der Waals surface area contributed by atoms with Crippen molar-refractivity contribution in [1.29, 1.82) is 5.26 Å². The average Bonchev–Trinajstić information content (AvgIpc) is 2.99. The van der Waals surface area contributed by atoms with E-state index in [2.05, 4.69) is 23.1 Å². The van der Waals surface area contributed by atoms with Gasteiger partial charge in [-0.15, -0.1) is 0 Å². The van der Waals surface area contributed by atoms with Crippen molar-refractivity contribution in [1.82, 2.24) is 4.90 Å². The Morgan fingerprint density at radius 3 is 2.61 bits per heavy atom. The molecule has 2 aromatic rings. The Morgan fingerprint density at radius 2 is 1.91 bits per heavy atom. The fourth-order valence-corrected chi connectivity index (χ4v) is 2.24. The largest absolute Gasteiger partial charge is 0.461 e. The summed E-state index contributed by atoms with van der Waals surface area (Å²) in [4.78, 5) is 13.0. The molecule has 1 aromatic carbocycles. The van der Waals surface area contributed by atoms with Gasteiger partial charge in [0.15, 0.2) is 0 Å². The number of furan rings is 1. The van der Waals surface area contributed by atoms with Crippen LogP contribution in [0.5, 0.6) is 0 Å². The maximum absolute atomic E-state index is 10.8. The van der Waals surface area contributed by atoms with Crippen molar-refractivity contribution in [2.45, 2.75) is 33.0 Å². The van der Waals surface area contributed by atoms with Crippen LogP contribution in [-0.2, 0) is 29.2 Å². The fourth-order valence-electron chi connectivity index (χ4n) is 2.24. The number of hydrogen-bond donors (Lipinski definition) is 0. The second kappa shape index (κ2) is 8.76. The van der Waals surface area contributed by atoms with Crippen molar-refractivity contribution in [2.24, 2.45) is 0 Å². The van der Waals surface area contributed by atoms with Crippen LogP contribution < -0.4 is 0 Å². The highest BCUT2D eigenvalue weighted by molar-refractivity contribution is 5.65.